The van der Waals surface area contributed by atoms with Gasteiger partial charge in [-0.2, -0.15) is 0 Å². The summed E-state index contributed by atoms with van der Waals surface area (Å²) in [6, 6.07) is 7.59. The number of aryl methyl sites for hydroxylation is 1. The molecule has 4 rings (SSSR count). The van der Waals surface area contributed by atoms with Crippen molar-refractivity contribution in [1.29, 1.82) is 0 Å². The minimum absolute atomic E-state index is 0.0876. The van der Waals surface area contributed by atoms with Crippen LogP contribution in [0.4, 0.5) is 5.00 Å². The fourth-order valence-electron chi connectivity index (χ4n) is 4.31. The highest BCUT2D eigenvalue weighted by Gasteiger charge is 2.32. The molecule has 0 radical (unpaired) electrons. The number of rotatable bonds is 3. The summed E-state index contributed by atoms with van der Waals surface area (Å²) in [4.78, 5) is 31.2. The van der Waals surface area contributed by atoms with Crippen LogP contribution in [-0.4, -0.2) is 49.9 Å². The molecule has 1 atom stereocenters. The largest absolute Gasteiger partial charge is 0.334 e. The number of hydrogen-bond donors (Lipinski definition) is 2. The lowest BCUT2D eigenvalue weighted by Crippen LogP contribution is -3.12. The molecular formula is C23H30N3O2S+. The number of nitrogens with zero attached hydrogens (tertiary/aromatic N) is 1. The standard InChI is InChI=1S/C23H29N3O2S/c1-15-8-9-18-19(14-15)29-22(24-21(27)17-7-5-4-6-16(17)2)20(18)23(28)26-12-10-25(3)11-13-26/h4-7,15H,8-14H2,1-3H3,(H,24,27)/p+1/t15-/m0/s1. The van der Waals surface area contributed by atoms with Gasteiger partial charge in [0.2, 0.25) is 0 Å². The molecule has 154 valence electrons. The molecule has 5 nitrogen and oxygen atoms in total. The lowest BCUT2D eigenvalue weighted by molar-refractivity contribution is -0.883. The normalized spacial score (nSPS) is 19.7. The molecule has 1 aromatic carbocycles. The number of hydrogen-bond acceptors (Lipinski definition) is 3. The minimum atomic E-state index is -0.133. The molecule has 1 aromatic heterocycles. The third kappa shape index (κ3) is 4.09. The molecule has 2 amide bonds. The second-order valence-electron chi connectivity index (χ2n) is 8.57. The zero-order valence-electron chi connectivity index (χ0n) is 17.5. The molecule has 1 aliphatic carbocycles. The van der Waals surface area contributed by atoms with Crippen LogP contribution in [0.2, 0.25) is 0 Å². The molecule has 2 heterocycles. The van der Waals surface area contributed by atoms with E-state index in [4.69, 9.17) is 0 Å². The Balaban J connectivity index is 1.67. The molecule has 29 heavy (non-hydrogen) atoms. The van der Waals surface area contributed by atoms with Gasteiger partial charge < -0.3 is 15.1 Å². The van der Waals surface area contributed by atoms with Gasteiger partial charge in [-0.15, -0.1) is 11.3 Å². The maximum atomic E-state index is 13.5. The van der Waals surface area contributed by atoms with Crippen LogP contribution < -0.4 is 10.2 Å². The van der Waals surface area contributed by atoms with Crippen LogP contribution >= 0.6 is 11.3 Å². The van der Waals surface area contributed by atoms with Crippen molar-refractivity contribution in [2.75, 3.05) is 38.5 Å². The summed E-state index contributed by atoms with van der Waals surface area (Å²) in [6.07, 6.45) is 3.02. The highest BCUT2D eigenvalue weighted by atomic mass is 32.1. The Morgan fingerprint density at radius 1 is 1.21 bits per heavy atom. The Hall–Kier alpha value is -2.18. The SMILES string of the molecule is Cc1ccccc1C(=O)Nc1sc2c(c1C(=O)N1CC[NH+](C)CC1)CC[C@H](C)C2. The van der Waals surface area contributed by atoms with Gasteiger partial charge >= 0.3 is 0 Å². The van der Waals surface area contributed by atoms with Gasteiger partial charge in [0.1, 0.15) is 5.00 Å². The second-order valence-corrected chi connectivity index (χ2v) is 9.68. The molecule has 2 N–H and O–H groups in total. The van der Waals surface area contributed by atoms with E-state index < -0.39 is 0 Å². The maximum absolute atomic E-state index is 13.5. The number of amides is 2. The fraction of sp³-hybridized carbons (Fsp3) is 0.478. The van der Waals surface area contributed by atoms with Crippen LogP contribution in [0, 0.1) is 12.8 Å². The second kappa shape index (κ2) is 8.28. The zero-order chi connectivity index (χ0) is 20.5. The molecule has 2 aliphatic rings. The summed E-state index contributed by atoms with van der Waals surface area (Å²) in [7, 11) is 2.17. The van der Waals surface area contributed by atoms with Crippen LogP contribution in [0.25, 0.3) is 0 Å². The number of anilines is 1. The number of nitrogens with one attached hydrogen (secondary N) is 2. The molecule has 1 saturated heterocycles. The average Bonchev–Trinajstić information content (AvgIpc) is 3.05. The number of piperazine rings is 1. The average molecular weight is 413 g/mol. The maximum Gasteiger partial charge on any atom is 0.257 e. The Bertz CT molecular complexity index is 928. The van der Waals surface area contributed by atoms with Gasteiger partial charge in [-0.05, 0) is 49.3 Å². The van der Waals surface area contributed by atoms with Crippen molar-refractivity contribution in [2.24, 2.45) is 5.92 Å². The van der Waals surface area contributed by atoms with E-state index in [-0.39, 0.29) is 11.8 Å². The van der Waals surface area contributed by atoms with Crippen molar-refractivity contribution in [3.05, 3.63) is 51.4 Å². The first kappa shape index (κ1) is 20.1. The summed E-state index contributed by atoms with van der Waals surface area (Å²) < 4.78 is 0. The van der Waals surface area contributed by atoms with Crippen molar-refractivity contribution >= 4 is 28.2 Å². The molecule has 0 spiro atoms. The Morgan fingerprint density at radius 3 is 2.66 bits per heavy atom. The topological polar surface area (TPSA) is 53.9 Å². The summed E-state index contributed by atoms with van der Waals surface area (Å²) in [5, 5.41) is 3.83. The smallest absolute Gasteiger partial charge is 0.257 e. The van der Waals surface area contributed by atoms with E-state index in [0.29, 0.717) is 11.5 Å². The number of quaternary nitrogens is 1. The van der Waals surface area contributed by atoms with E-state index in [1.54, 1.807) is 11.3 Å². The number of carbonyl (C=O) groups is 2. The highest BCUT2D eigenvalue weighted by molar-refractivity contribution is 7.17. The van der Waals surface area contributed by atoms with Crippen molar-refractivity contribution in [2.45, 2.75) is 33.1 Å². The lowest BCUT2D eigenvalue weighted by Gasteiger charge is -2.30. The lowest BCUT2D eigenvalue weighted by atomic mass is 9.88. The first-order valence-corrected chi connectivity index (χ1v) is 11.4. The van der Waals surface area contributed by atoms with Crippen LogP contribution in [-0.2, 0) is 12.8 Å². The van der Waals surface area contributed by atoms with E-state index in [2.05, 4.69) is 19.3 Å². The van der Waals surface area contributed by atoms with Gasteiger partial charge in [0.05, 0.1) is 38.8 Å². The van der Waals surface area contributed by atoms with Gasteiger partial charge in [0, 0.05) is 10.4 Å². The number of thiophene rings is 1. The third-order valence-corrected chi connectivity index (χ3v) is 7.42. The van der Waals surface area contributed by atoms with Gasteiger partial charge in [0.25, 0.3) is 11.8 Å². The molecule has 1 fully saturated rings. The van der Waals surface area contributed by atoms with E-state index in [1.807, 2.05) is 36.1 Å². The predicted octanol–water partition coefficient (Wildman–Crippen LogP) is 2.40. The summed E-state index contributed by atoms with van der Waals surface area (Å²) in [5.74, 6) is 0.576. The van der Waals surface area contributed by atoms with Crippen LogP contribution in [0.3, 0.4) is 0 Å². The van der Waals surface area contributed by atoms with Crippen molar-refractivity contribution in [3.8, 4) is 0 Å². The molecular weight excluding hydrogens is 382 g/mol. The number of likely N-dealkylation sites (N-methyl/N-ethyl adjacent to an activating group) is 1. The zero-order valence-corrected chi connectivity index (χ0v) is 18.3. The highest BCUT2D eigenvalue weighted by Crippen LogP contribution is 2.40. The Kier molecular flexibility index (Phi) is 5.74. The van der Waals surface area contributed by atoms with Gasteiger partial charge in [-0.1, -0.05) is 25.1 Å². The Morgan fingerprint density at radius 2 is 1.93 bits per heavy atom. The van der Waals surface area contributed by atoms with Crippen molar-refractivity contribution in [1.82, 2.24) is 4.90 Å². The quantitative estimate of drug-likeness (QED) is 0.814. The monoisotopic (exact) mass is 412 g/mol. The first-order valence-electron chi connectivity index (χ1n) is 10.6. The van der Waals surface area contributed by atoms with Crippen LogP contribution in [0.1, 0.15) is 50.1 Å². The van der Waals surface area contributed by atoms with Gasteiger partial charge in [-0.25, -0.2) is 0 Å². The number of benzene rings is 1. The molecule has 1 aliphatic heterocycles. The molecule has 6 heteroatoms. The minimum Gasteiger partial charge on any atom is -0.334 e. The van der Waals surface area contributed by atoms with Gasteiger partial charge in [0.15, 0.2) is 0 Å². The van der Waals surface area contributed by atoms with E-state index in [9.17, 15) is 9.59 Å². The first-order chi connectivity index (χ1) is 13.9. The van der Waals surface area contributed by atoms with Crippen LogP contribution in [0.15, 0.2) is 24.3 Å². The summed E-state index contributed by atoms with van der Waals surface area (Å²) in [5.41, 5.74) is 3.52. The number of carbonyl (C=O) groups excluding carboxylic acids is 2. The summed E-state index contributed by atoms with van der Waals surface area (Å²) in [6.45, 7) is 7.70. The van der Waals surface area contributed by atoms with E-state index in [0.717, 1.165) is 61.6 Å². The molecule has 0 bridgehead atoms. The van der Waals surface area contributed by atoms with E-state index in [1.165, 1.54) is 15.3 Å². The molecule has 0 saturated carbocycles. The van der Waals surface area contributed by atoms with E-state index >= 15 is 0 Å². The Labute approximate surface area is 176 Å². The predicted molar refractivity (Wildman–Crippen MR) is 117 cm³/mol. The third-order valence-electron chi connectivity index (χ3n) is 6.25. The van der Waals surface area contributed by atoms with Crippen molar-refractivity contribution < 1.29 is 14.5 Å². The number of fused-ring (bicyclic) bond motifs is 1. The molecule has 2 aromatic rings. The summed E-state index contributed by atoms with van der Waals surface area (Å²) >= 11 is 1.60. The fourth-order valence-corrected chi connectivity index (χ4v) is 5.71. The van der Waals surface area contributed by atoms with Crippen molar-refractivity contribution in [3.63, 3.8) is 0 Å². The van der Waals surface area contributed by atoms with Crippen LogP contribution in [0.5, 0.6) is 0 Å². The molecule has 0 unspecified atom stereocenters. The van der Waals surface area contributed by atoms with Gasteiger partial charge in [-0.3, -0.25) is 9.59 Å².